The molecule has 1 amide bonds. The van der Waals surface area contributed by atoms with Crippen molar-refractivity contribution in [1.29, 1.82) is 0 Å². The number of fused-ring (bicyclic) bond motifs is 2. The smallest absolute Gasteiger partial charge is 0.228 e. The highest BCUT2D eigenvalue weighted by atomic mass is 16.1. The van der Waals surface area contributed by atoms with Crippen LogP contribution in [0.1, 0.15) is 18.4 Å². The van der Waals surface area contributed by atoms with Crippen LogP contribution in [0.2, 0.25) is 0 Å². The minimum atomic E-state index is 0.169. The molecule has 0 radical (unpaired) electrons. The van der Waals surface area contributed by atoms with Gasteiger partial charge in [-0.25, -0.2) is 0 Å². The van der Waals surface area contributed by atoms with Gasteiger partial charge in [-0.1, -0.05) is 24.3 Å². The van der Waals surface area contributed by atoms with Gasteiger partial charge >= 0.3 is 0 Å². The van der Waals surface area contributed by atoms with E-state index in [1.54, 1.807) is 0 Å². The minimum absolute atomic E-state index is 0.169. The zero-order chi connectivity index (χ0) is 13.2. The maximum absolute atomic E-state index is 12.3. The molecule has 0 heterocycles. The Kier molecular flexibility index (Phi) is 3.38. The van der Waals surface area contributed by atoms with Crippen molar-refractivity contribution >= 4 is 11.6 Å². The zero-order valence-corrected chi connectivity index (χ0v) is 11.2. The highest BCUT2D eigenvalue weighted by molar-refractivity contribution is 5.93. The number of carbonyl (C=O) groups is 1. The Morgan fingerprint density at radius 2 is 2.21 bits per heavy atom. The molecule has 2 aliphatic rings. The van der Waals surface area contributed by atoms with Crippen LogP contribution in [0, 0.1) is 17.8 Å². The second kappa shape index (κ2) is 5.17. The van der Waals surface area contributed by atoms with Gasteiger partial charge in [0.05, 0.1) is 0 Å². The van der Waals surface area contributed by atoms with Gasteiger partial charge in [-0.05, 0) is 49.4 Å². The molecule has 100 valence electrons. The van der Waals surface area contributed by atoms with Gasteiger partial charge in [0, 0.05) is 18.2 Å². The molecule has 0 aliphatic heterocycles. The maximum Gasteiger partial charge on any atom is 0.228 e. The molecule has 3 atom stereocenters. The van der Waals surface area contributed by atoms with E-state index in [2.05, 4.69) is 28.9 Å². The van der Waals surface area contributed by atoms with Crippen molar-refractivity contribution in [2.75, 3.05) is 12.4 Å². The van der Waals surface area contributed by atoms with Crippen LogP contribution in [0.4, 0.5) is 5.69 Å². The Bertz CT molecular complexity index is 509. The maximum atomic E-state index is 12.3. The summed E-state index contributed by atoms with van der Waals surface area (Å²) >= 11 is 0. The van der Waals surface area contributed by atoms with Gasteiger partial charge in [0.2, 0.25) is 5.91 Å². The Hall–Kier alpha value is -1.61. The molecule has 1 fully saturated rings. The van der Waals surface area contributed by atoms with Gasteiger partial charge in [0.1, 0.15) is 0 Å². The van der Waals surface area contributed by atoms with Crippen molar-refractivity contribution in [1.82, 2.24) is 5.32 Å². The molecule has 1 aromatic rings. The number of hydrogen-bond acceptors (Lipinski definition) is 2. The molecular weight excluding hydrogens is 236 g/mol. The summed E-state index contributed by atoms with van der Waals surface area (Å²) in [5, 5.41) is 6.19. The number of allylic oxidation sites excluding steroid dienone is 2. The molecule has 0 spiro atoms. The molecule has 1 saturated carbocycles. The van der Waals surface area contributed by atoms with Crippen LogP contribution in [0.3, 0.4) is 0 Å². The van der Waals surface area contributed by atoms with E-state index in [4.69, 9.17) is 0 Å². The van der Waals surface area contributed by atoms with E-state index in [0.29, 0.717) is 11.8 Å². The fourth-order valence-electron chi connectivity index (χ4n) is 3.28. The number of hydrogen-bond donors (Lipinski definition) is 2. The first-order valence-electron chi connectivity index (χ1n) is 6.99. The molecular formula is C16H20N2O. The quantitative estimate of drug-likeness (QED) is 0.813. The topological polar surface area (TPSA) is 41.1 Å². The third kappa shape index (κ3) is 2.56. The van der Waals surface area contributed by atoms with Crippen LogP contribution in [-0.4, -0.2) is 13.0 Å². The van der Waals surface area contributed by atoms with E-state index in [1.165, 1.54) is 5.56 Å². The minimum Gasteiger partial charge on any atom is -0.326 e. The summed E-state index contributed by atoms with van der Waals surface area (Å²) in [5.74, 6) is 1.45. The van der Waals surface area contributed by atoms with Gasteiger partial charge < -0.3 is 10.6 Å². The molecule has 3 unspecified atom stereocenters. The number of nitrogens with one attached hydrogen (secondary N) is 2. The van der Waals surface area contributed by atoms with Gasteiger partial charge in [-0.15, -0.1) is 0 Å². The number of benzene rings is 1. The molecule has 19 heavy (non-hydrogen) atoms. The fourth-order valence-corrected chi connectivity index (χ4v) is 3.28. The SMILES string of the molecule is CNCc1cccc(NC(=O)C2CC3C=CC2C3)c1. The number of amides is 1. The van der Waals surface area contributed by atoms with Crippen LogP contribution in [0.5, 0.6) is 0 Å². The van der Waals surface area contributed by atoms with E-state index in [9.17, 15) is 4.79 Å². The van der Waals surface area contributed by atoms with E-state index in [0.717, 1.165) is 25.1 Å². The molecule has 3 heteroatoms. The lowest BCUT2D eigenvalue weighted by Crippen LogP contribution is -2.25. The molecule has 3 rings (SSSR count). The monoisotopic (exact) mass is 256 g/mol. The molecule has 0 aromatic heterocycles. The third-order valence-electron chi connectivity index (χ3n) is 4.19. The van der Waals surface area contributed by atoms with E-state index in [-0.39, 0.29) is 11.8 Å². The second-order valence-electron chi connectivity index (χ2n) is 5.61. The number of anilines is 1. The van der Waals surface area contributed by atoms with Crippen LogP contribution in [0.15, 0.2) is 36.4 Å². The summed E-state index contributed by atoms with van der Waals surface area (Å²) in [6, 6.07) is 8.05. The lowest BCUT2D eigenvalue weighted by atomic mass is 9.93. The Labute approximate surface area is 114 Å². The summed E-state index contributed by atoms with van der Waals surface area (Å²) in [6.07, 6.45) is 6.67. The van der Waals surface area contributed by atoms with Gasteiger partial charge in [0.15, 0.2) is 0 Å². The standard InChI is InChI=1S/C16H20N2O/c1-17-10-12-3-2-4-14(8-12)18-16(19)15-9-11-5-6-13(15)7-11/h2-6,8,11,13,15,17H,7,9-10H2,1H3,(H,18,19). The summed E-state index contributed by atoms with van der Waals surface area (Å²) in [4.78, 5) is 12.3. The average molecular weight is 256 g/mol. The van der Waals surface area contributed by atoms with Gasteiger partial charge in [-0.3, -0.25) is 4.79 Å². The van der Waals surface area contributed by atoms with Crippen LogP contribution < -0.4 is 10.6 Å². The van der Waals surface area contributed by atoms with Crippen molar-refractivity contribution in [3.05, 3.63) is 42.0 Å². The van der Waals surface area contributed by atoms with Crippen molar-refractivity contribution in [3.8, 4) is 0 Å². The lowest BCUT2D eigenvalue weighted by Gasteiger charge is -2.17. The first kappa shape index (κ1) is 12.4. The van der Waals surface area contributed by atoms with Crippen LogP contribution in [0.25, 0.3) is 0 Å². The Morgan fingerprint density at radius 1 is 1.32 bits per heavy atom. The first-order valence-corrected chi connectivity index (χ1v) is 6.99. The van der Waals surface area contributed by atoms with Crippen molar-refractivity contribution in [2.45, 2.75) is 19.4 Å². The summed E-state index contributed by atoms with van der Waals surface area (Å²) < 4.78 is 0. The first-order chi connectivity index (χ1) is 9.26. The van der Waals surface area contributed by atoms with Gasteiger partial charge in [0.25, 0.3) is 0 Å². The molecule has 2 N–H and O–H groups in total. The molecule has 2 bridgehead atoms. The van der Waals surface area contributed by atoms with E-state index >= 15 is 0 Å². The van der Waals surface area contributed by atoms with E-state index < -0.39 is 0 Å². The Balaban J connectivity index is 1.66. The highest BCUT2D eigenvalue weighted by Crippen LogP contribution is 2.43. The Morgan fingerprint density at radius 3 is 2.89 bits per heavy atom. The molecule has 2 aliphatic carbocycles. The third-order valence-corrected chi connectivity index (χ3v) is 4.19. The van der Waals surface area contributed by atoms with Crippen LogP contribution in [-0.2, 0) is 11.3 Å². The number of rotatable bonds is 4. The molecule has 0 saturated heterocycles. The van der Waals surface area contributed by atoms with Crippen molar-refractivity contribution in [2.24, 2.45) is 17.8 Å². The summed E-state index contributed by atoms with van der Waals surface area (Å²) in [7, 11) is 1.92. The molecule has 1 aromatic carbocycles. The predicted octanol–water partition coefficient (Wildman–Crippen LogP) is 2.56. The molecule has 3 nitrogen and oxygen atoms in total. The fraction of sp³-hybridized carbons (Fsp3) is 0.438. The van der Waals surface area contributed by atoms with Crippen LogP contribution >= 0.6 is 0 Å². The average Bonchev–Trinajstić information content (AvgIpc) is 3.02. The predicted molar refractivity (Wildman–Crippen MR) is 76.7 cm³/mol. The summed E-state index contributed by atoms with van der Waals surface area (Å²) in [5.41, 5.74) is 2.10. The van der Waals surface area contributed by atoms with Crippen molar-refractivity contribution < 1.29 is 4.79 Å². The lowest BCUT2D eigenvalue weighted by molar-refractivity contribution is -0.120. The zero-order valence-electron chi connectivity index (χ0n) is 11.2. The second-order valence-corrected chi connectivity index (χ2v) is 5.61. The van der Waals surface area contributed by atoms with E-state index in [1.807, 2.05) is 25.2 Å². The van der Waals surface area contributed by atoms with Crippen molar-refractivity contribution in [3.63, 3.8) is 0 Å². The number of carbonyl (C=O) groups excluding carboxylic acids is 1. The van der Waals surface area contributed by atoms with Gasteiger partial charge in [-0.2, -0.15) is 0 Å². The normalized spacial score (nSPS) is 27.7. The largest absolute Gasteiger partial charge is 0.326 e. The highest BCUT2D eigenvalue weighted by Gasteiger charge is 2.39. The summed E-state index contributed by atoms with van der Waals surface area (Å²) in [6.45, 7) is 0.820.